The van der Waals surface area contributed by atoms with Gasteiger partial charge >= 0.3 is 0 Å². The van der Waals surface area contributed by atoms with E-state index >= 15 is 0 Å². The molecule has 6 atom stereocenters. The van der Waals surface area contributed by atoms with Crippen molar-refractivity contribution in [3.05, 3.63) is 71.8 Å². The molecule has 1 aliphatic rings. The molecule has 52 heavy (non-hydrogen) atoms. The van der Waals surface area contributed by atoms with E-state index in [9.17, 15) is 29.1 Å². The molecular formula is C40H59N5O6S. The minimum Gasteiger partial charge on any atom is -0.381 e. The van der Waals surface area contributed by atoms with Crippen LogP contribution in [0.2, 0.25) is 0 Å². The molecular weight excluding hydrogens is 679 g/mol. The molecule has 1 unspecified atom stereocenters. The van der Waals surface area contributed by atoms with E-state index < -0.39 is 58.2 Å². The number of hydrogen-bond acceptors (Lipinski definition) is 7. The molecule has 1 saturated heterocycles. The summed E-state index contributed by atoms with van der Waals surface area (Å²) in [6, 6.07) is 13.6. The Morgan fingerprint density at radius 2 is 1.42 bits per heavy atom. The summed E-state index contributed by atoms with van der Waals surface area (Å²) in [4.78, 5) is 70.1. The molecule has 0 radical (unpaired) electrons. The molecule has 11 nitrogen and oxygen atoms in total. The normalized spacial score (nSPS) is 18.7. The van der Waals surface area contributed by atoms with Crippen LogP contribution in [0.3, 0.4) is 0 Å². The first kappa shape index (κ1) is 42.5. The van der Waals surface area contributed by atoms with Crippen molar-refractivity contribution < 1.29 is 29.1 Å². The average molecular weight is 738 g/mol. The smallest absolute Gasteiger partial charge is 0.254 e. The van der Waals surface area contributed by atoms with Crippen LogP contribution in [0, 0.1) is 10.8 Å². The second-order valence-electron chi connectivity index (χ2n) is 16.4. The van der Waals surface area contributed by atoms with Crippen molar-refractivity contribution >= 4 is 41.3 Å². The van der Waals surface area contributed by atoms with E-state index in [1.165, 1.54) is 16.7 Å². The largest absolute Gasteiger partial charge is 0.381 e. The van der Waals surface area contributed by atoms with Crippen molar-refractivity contribution in [1.29, 1.82) is 0 Å². The summed E-state index contributed by atoms with van der Waals surface area (Å²) in [5.41, 5.74) is 0.292. The molecule has 286 valence electrons. The van der Waals surface area contributed by atoms with Gasteiger partial charge in [0.15, 0.2) is 6.10 Å². The van der Waals surface area contributed by atoms with Crippen molar-refractivity contribution in [2.75, 3.05) is 5.88 Å². The van der Waals surface area contributed by atoms with Crippen LogP contribution in [0.15, 0.2) is 60.7 Å². The van der Waals surface area contributed by atoms with Crippen LogP contribution in [-0.4, -0.2) is 80.4 Å². The molecule has 0 spiro atoms. The predicted molar refractivity (Wildman–Crippen MR) is 206 cm³/mol. The van der Waals surface area contributed by atoms with Crippen molar-refractivity contribution in [2.45, 2.75) is 130 Å². The minimum atomic E-state index is -1.71. The second kappa shape index (κ2) is 17.7. The number of carbonyl (C=O) groups excluding carboxylic acids is 5. The molecule has 12 heteroatoms. The number of thioether (sulfide) groups is 1. The molecule has 2 aromatic rings. The van der Waals surface area contributed by atoms with E-state index in [0.29, 0.717) is 12.0 Å². The molecule has 1 heterocycles. The molecule has 5 amide bonds. The van der Waals surface area contributed by atoms with E-state index in [2.05, 4.69) is 21.3 Å². The highest BCUT2D eigenvalue weighted by Gasteiger charge is 2.50. The summed E-state index contributed by atoms with van der Waals surface area (Å²) in [5, 5.41) is 23.4. The van der Waals surface area contributed by atoms with Crippen molar-refractivity contribution in [3.63, 3.8) is 0 Å². The average Bonchev–Trinajstić information content (AvgIpc) is 3.39. The Hall–Kier alpha value is -3.90. The maximum absolute atomic E-state index is 14.2. The van der Waals surface area contributed by atoms with Gasteiger partial charge in [0.05, 0.1) is 11.9 Å². The van der Waals surface area contributed by atoms with Gasteiger partial charge in [0.1, 0.15) is 18.1 Å². The van der Waals surface area contributed by atoms with Crippen LogP contribution in [0.4, 0.5) is 0 Å². The summed E-state index contributed by atoms with van der Waals surface area (Å²) >= 11 is 1.45. The molecule has 3 rings (SSSR count). The van der Waals surface area contributed by atoms with Crippen LogP contribution in [-0.2, 0) is 30.4 Å². The lowest BCUT2D eigenvalue weighted by Gasteiger charge is -2.37. The zero-order valence-electron chi connectivity index (χ0n) is 32.4. The summed E-state index contributed by atoms with van der Waals surface area (Å²) < 4.78 is -0.640. The first-order valence-electron chi connectivity index (χ1n) is 18.1. The van der Waals surface area contributed by atoms with Crippen LogP contribution in [0.25, 0.3) is 0 Å². The van der Waals surface area contributed by atoms with E-state index in [0.717, 1.165) is 5.56 Å². The van der Waals surface area contributed by atoms with Crippen molar-refractivity contribution in [2.24, 2.45) is 10.8 Å². The molecule has 1 aliphatic heterocycles. The van der Waals surface area contributed by atoms with Crippen LogP contribution in [0.5, 0.6) is 0 Å². The molecule has 1 fully saturated rings. The number of nitrogens with zero attached hydrogens (tertiary/aromatic N) is 1. The Morgan fingerprint density at radius 1 is 0.846 bits per heavy atom. The summed E-state index contributed by atoms with van der Waals surface area (Å²) in [5.74, 6) is -2.28. The number of hydrogen-bond donors (Lipinski definition) is 5. The number of aliphatic hydroxyl groups excluding tert-OH is 1. The Bertz CT molecular complexity index is 1540. The highest BCUT2D eigenvalue weighted by Crippen LogP contribution is 2.40. The highest BCUT2D eigenvalue weighted by molar-refractivity contribution is 8.00. The Kier molecular flexibility index (Phi) is 14.5. The fraction of sp³-hybridized carbons (Fsp3) is 0.575. The quantitative estimate of drug-likeness (QED) is 0.191. The molecule has 5 N–H and O–H groups in total. The van der Waals surface area contributed by atoms with Crippen molar-refractivity contribution in [1.82, 2.24) is 26.2 Å². The van der Waals surface area contributed by atoms with Gasteiger partial charge in [-0.25, -0.2) is 0 Å². The molecule has 0 bridgehead atoms. The number of benzene rings is 2. The highest BCUT2D eigenvalue weighted by atomic mass is 32.2. The Morgan fingerprint density at radius 3 is 1.96 bits per heavy atom. The summed E-state index contributed by atoms with van der Waals surface area (Å²) in [6.45, 7) is 19.0. The van der Waals surface area contributed by atoms with E-state index in [-0.39, 0.29) is 42.0 Å². The van der Waals surface area contributed by atoms with Gasteiger partial charge in [0.2, 0.25) is 23.6 Å². The SMILES string of the molecule is CCCC(=O)N[C@H](C(=O)N[C@H](C(=O)N[C@@H](Cc1ccccc1)[C@H](O)C(=O)N1CSC(C)(C)[C@H]1C(=O)NC(C)C(C)(C)C)C(C)(C)C)c1ccccc1. The van der Waals surface area contributed by atoms with Gasteiger partial charge in [0, 0.05) is 17.2 Å². The fourth-order valence-electron chi connectivity index (χ4n) is 5.95. The lowest BCUT2D eigenvalue weighted by Crippen LogP contribution is -2.62. The Balaban J connectivity index is 1.93. The van der Waals surface area contributed by atoms with Gasteiger partial charge in [-0.05, 0) is 55.6 Å². The third-order valence-electron chi connectivity index (χ3n) is 9.59. The molecule has 0 aromatic heterocycles. The first-order valence-corrected chi connectivity index (χ1v) is 19.1. The first-order chi connectivity index (χ1) is 24.2. The maximum atomic E-state index is 14.2. The topological polar surface area (TPSA) is 157 Å². The fourth-order valence-corrected chi connectivity index (χ4v) is 7.09. The van der Waals surface area contributed by atoms with Gasteiger partial charge in [-0.3, -0.25) is 24.0 Å². The Labute approximate surface area is 313 Å². The zero-order valence-corrected chi connectivity index (χ0v) is 33.2. The summed E-state index contributed by atoms with van der Waals surface area (Å²) in [7, 11) is 0. The van der Waals surface area contributed by atoms with Gasteiger partial charge in [-0.2, -0.15) is 0 Å². The minimum absolute atomic E-state index is 0.103. The maximum Gasteiger partial charge on any atom is 0.254 e. The van der Waals surface area contributed by atoms with Gasteiger partial charge in [-0.15, -0.1) is 11.8 Å². The number of nitrogens with one attached hydrogen (secondary N) is 4. The molecule has 0 aliphatic carbocycles. The standard InChI is InChI=1S/C40H59N5O6S/c1-11-18-29(46)43-30(27-21-16-13-17-22-27)34(48)44-32(39(6,7)8)35(49)42-28(23-26-19-14-12-15-20-26)31(47)37(51)45-24-52-40(9,10)33(45)36(50)41-25(2)38(3,4)5/h12-17,19-22,25,28,30-33,47H,11,18,23-24H2,1-10H3,(H,41,50)(H,42,49)(H,43,46)(H,44,48)/t25?,28-,30-,31-,32+,33+/m0/s1. The van der Waals surface area contributed by atoms with Crippen LogP contribution >= 0.6 is 11.8 Å². The lowest BCUT2D eigenvalue weighted by atomic mass is 9.85. The molecule has 2 aromatic carbocycles. The monoisotopic (exact) mass is 737 g/mol. The number of carbonyl (C=O) groups is 5. The van der Waals surface area contributed by atoms with E-state index in [1.54, 1.807) is 51.1 Å². The van der Waals surface area contributed by atoms with Gasteiger partial charge in [0.25, 0.3) is 5.91 Å². The van der Waals surface area contributed by atoms with Gasteiger partial charge < -0.3 is 31.3 Å². The van der Waals surface area contributed by atoms with Crippen LogP contribution in [0.1, 0.15) is 99.2 Å². The second-order valence-corrected chi connectivity index (χ2v) is 18.0. The van der Waals surface area contributed by atoms with Gasteiger partial charge in [-0.1, -0.05) is 109 Å². The number of rotatable bonds is 14. The third kappa shape index (κ3) is 11.3. The van der Waals surface area contributed by atoms with Crippen LogP contribution < -0.4 is 21.3 Å². The van der Waals surface area contributed by atoms with E-state index in [4.69, 9.17) is 0 Å². The predicted octanol–water partition coefficient (Wildman–Crippen LogP) is 4.49. The number of amides is 5. The summed E-state index contributed by atoms with van der Waals surface area (Å²) in [6.07, 6.45) is -0.777. The van der Waals surface area contributed by atoms with E-state index in [1.807, 2.05) is 78.8 Å². The number of aliphatic hydroxyl groups is 1. The molecule has 0 saturated carbocycles. The lowest BCUT2D eigenvalue weighted by molar-refractivity contribution is -0.148. The van der Waals surface area contributed by atoms with Crippen molar-refractivity contribution in [3.8, 4) is 0 Å². The zero-order chi connectivity index (χ0) is 39.0. The third-order valence-corrected chi connectivity index (χ3v) is 11.0.